The second kappa shape index (κ2) is 7.98. The first-order chi connectivity index (χ1) is 14.1. The Bertz CT molecular complexity index is 978. The van der Waals surface area contributed by atoms with E-state index in [2.05, 4.69) is 4.90 Å². The summed E-state index contributed by atoms with van der Waals surface area (Å²) in [6.07, 6.45) is 0.127. The van der Waals surface area contributed by atoms with E-state index in [1.807, 2.05) is 60.7 Å². The number of para-hydroxylation sites is 2. The lowest BCUT2D eigenvalue weighted by Crippen LogP contribution is -2.32. The Kier molecular flexibility index (Phi) is 5.07. The van der Waals surface area contributed by atoms with Crippen molar-refractivity contribution in [1.29, 1.82) is 0 Å². The monoisotopic (exact) mass is 386 g/mol. The molecule has 0 unspecified atom stereocenters. The molecule has 29 heavy (non-hydrogen) atoms. The average molecular weight is 386 g/mol. The minimum atomic E-state index is -0.744. The summed E-state index contributed by atoms with van der Waals surface area (Å²) in [4.78, 5) is 42.6. The van der Waals surface area contributed by atoms with E-state index in [1.165, 1.54) is 0 Å². The largest absolute Gasteiger partial charge is 0.363 e. The van der Waals surface area contributed by atoms with Crippen molar-refractivity contribution in [2.75, 3.05) is 4.90 Å². The smallest absolute Gasteiger partial charge is 0.325 e. The molecule has 0 aromatic heterocycles. The molecule has 1 aliphatic rings. The highest BCUT2D eigenvalue weighted by Crippen LogP contribution is 2.34. The SMILES string of the molecule is O=C(ON1C(=O)CCC1=O)c1ccc(N(c2ccccc2)c2ccccc2)cc1. The van der Waals surface area contributed by atoms with Crippen molar-refractivity contribution >= 4 is 34.8 Å². The van der Waals surface area contributed by atoms with Gasteiger partial charge in [-0.1, -0.05) is 36.4 Å². The Morgan fingerprint density at radius 2 is 1.14 bits per heavy atom. The van der Waals surface area contributed by atoms with Crippen molar-refractivity contribution in [3.05, 3.63) is 90.5 Å². The van der Waals surface area contributed by atoms with Crippen LogP contribution in [0.2, 0.25) is 0 Å². The third kappa shape index (κ3) is 3.87. The zero-order valence-electron chi connectivity index (χ0n) is 15.5. The van der Waals surface area contributed by atoms with Crippen molar-refractivity contribution in [2.45, 2.75) is 12.8 Å². The third-order valence-electron chi connectivity index (χ3n) is 4.57. The zero-order valence-corrected chi connectivity index (χ0v) is 15.5. The summed E-state index contributed by atoms with van der Waals surface area (Å²) in [5, 5.41) is 0.552. The summed E-state index contributed by atoms with van der Waals surface area (Å²) in [7, 11) is 0. The van der Waals surface area contributed by atoms with Crippen LogP contribution in [0.25, 0.3) is 0 Å². The van der Waals surface area contributed by atoms with E-state index in [0.29, 0.717) is 5.06 Å². The average Bonchev–Trinajstić information content (AvgIpc) is 3.08. The number of carbonyl (C=O) groups is 3. The molecule has 0 spiro atoms. The predicted molar refractivity (Wildman–Crippen MR) is 108 cm³/mol. The quantitative estimate of drug-likeness (QED) is 0.609. The first kappa shape index (κ1) is 18.4. The lowest BCUT2D eigenvalue weighted by atomic mass is 10.1. The van der Waals surface area contributed by atoms with Crippen molar-refractivity contribution in [1.82, 2.24) is 5.06 Å². The molecule has 0 atom stereocenters. The number of anilines is 3. The van der Waals surface area contributed by atoms with Crippen molar-refractivity contribution in [2.24, 2.45) is 0 Å². The summed E-state index contributed by atoms with van der Waals surface area (Å²) in [5.41, 5.74) is 3.05. The van der Waals surface area contributed by atoms with Gasteiger partial charge in [-0.15, -0.1) is 5.06 Å². The van der Waals surface area contributed by atoms with Crippen LogP contribution in [-0.2, 0) is 14.4 Å². The van der Waals surface area contributed by atoms with Gasteiger partial charge < -0.3 is 9.74 Å². The third-order valence-corrected chi connectivity index (χ3v) is 4.57. The van der Waals surface area contributed by atoms with Crippen LogP contribution >= 0.6 is 0 Å². The molecule has 6 nitrogen and oxygen atoms in total. The minimum absolute atomic E-state index is 0.0637. The van der Waals surface area contributed by atoms with Crippen LogP contribution in [0.4, 0.5) is 17.1 Å². The summed E-state index contributed by atoms with van der Waals surface area (Å²) < 4.78 is 0. The fourth-order valence-corrected chi connectivity index (χ4v) is 3.14. The first-order valence-corrected chi connectivity index (χ1v) is 9.22. The van der Waals surface area contributed by atoms with Gasteiger partial charge in [-0.2, -0.15) is 0 Å². The molecule has 0 bridgehead atoms. The number of imide groups is 1. The maximum atomic E-state index is 12.3. The van der Waals surface area contributed by atoms with Crippen LogP contribution in [-0.4, -0.2) is 22.8 Å². The zero-order chi connectivity index (χ0) is 20.2. The number of hydrogen-bond donors (Lipinski definition) is 0. The fraction of sp³-hybridized carbons (Fsp3) is 0.0870. The number of amides is 2. The molecule has 1 heterocycles. The highest BCUT2D eigenvalue weighted by atomic mass is 16.7. The maximum absolute atomic E-state index is 12.3. The molecule has 1 fully saturated rings. The van der Waals surface area contributed by atoms with E-state index in [0.717, 1.165) is 17.1 Å². The van der Waals surface area contributed by atoms with Gasteiger partial charge in [0.2, 0.25) is 0 Å². The molecule has 4 rings (SSSR count). The van der Waals surface area contributed by atoms with E-state index >= 15 is 0 Å². The van der Waals surface area contributed by atoms with Gasteiger partial charge in [0.05, 0.1) is 5.56 Å². The Balaban J connectivity index is 1.60. The Labute approximate surface area is 167 Å². The van der Waals surface area contributed by atoms with E-state index in [4.69, 9.17) is 4.84 Å². The summed E-state index contributed by atoms with van der Waals surface area (Å²) in [5.74, 6) is -1.75. The molecule has 2 amide bonds. The molecule has 0 aliphatic carbocycles. The van der Waals surface area contributed by atoms with Crippen LogP contribution in [0.5, 0.6) is 0 Å². The topological polar surface area (TPSA) is 66.9 Å². The number of hydroxylamine groups is 2. The molecule has 0 radical (unpaired) electrons. The van der Waals surface area contributed by atoms with Crippen LogP contribution < -0.4 is 4.90 Å². The molecule has 1 saturated heterocycles. The van der Waals surface area contributed by atoms with Gasteiger partial charge in [0.15, 0.2) is 0 Å². The van der Waals surface area contributed by atoms with E-state index in [1.54, 1.807) is 24.3 Å². The van der Waals surface area contributed by atoms with Crippen LogP contribution in [0, 0.1) is 0 Å². The minimum Gasteiger partial charge on any atom is -0.325 e. The van der Waals surface area contributed by atoms with Crippen LogP contribution in [0.15, 0.2) is 84.9 Å². The van der Waals surface area contributed by atoms with Gasteiger partial charge in [-0.05, 0) is 48.5 Å². The van der Waals surface area contributed by atoms with E-state index < -0.39 is 17.8 Å². The Morgan fingerprint density at radius 1 is 0.690 bits per heavy atom. The normalized spacial score (nSPS) is 13.4. The van der Waals surface area contributed by atoms with Gasteiger partial charge in [-0.25, -0.2) is 4.79 Å². The summed E-state index contributed by atoms with van der Waals surface area (Å²) in [6.45, 7) is 0. The molecule has 1 aliphatic heterocycles. The number of rotatable bonds is 5. The molecule has 0 saturated carbocycles. The van der Waals surface area contributed by atoms with Crippen LogP contribution in [0.3, 0.4) is 0 Å². The second-order valence-electron chi connectivity index (χ2n) is 6.51. The molecule has 0 N–H and O–H groups in total. The fourth-order valence-electron chi connectivity index (χ4n) is 3.14. The lowest BCUT2D eigenvalue weighted by molar-refractivity contribution is -0.172. The summed E-state index contributed by atoms with van der Waals surface area (Å²) >= 11 is 0. The van der Waals surface area contributed by atoms with Crippen LogP contribution in [0.1, 0.15) is 23.2 Å². The lowest BCUT2D eigenvalue weighted by Gasteiger charge is -2.25. The van der Waals surface area contributed by atoms with Gasteiger partial charge in [0.1, 0.15) is 0 Å². The Morgan fingerprint density at radius 3 is 1.62 bits per heavy atom. The second-order valence-corrected chi connectivity index (χ2v) is 6.51. The number of nitrogens with zero attached hydrogens (tertiary/aromatic N) is 2. The molecule has 6 heteroatoms. The molecule has 3 aromatic rings. The molecule has 144 valence electrons. The van der Waals surface area contributed by atoms with Gasteiger partial charge in [0, 0.05) is 29.9 Å². The van der Waals surface area contributed by atoms with Gasteiger partial charge in [0.25, 0.3) is 11.8 Å². The molecular weight excluding hydrogens is 368 g/mol. The standard InChI is InChI=1S/C23H18N2O4/c26-21-15-16-22(27)25(21)29-23(28)17-11-13-20(14-12-17)24(18-7-3-1-4-8-18)19-9-5-2-6-10-19/h1-14H,15-16H2. The predicted octanol–water partition coefficient (Wildman–Crippen LogP) is 4.38. The van der Waals surface area contributed by atoms with E-state index in [9.17, 15) is 14.4 Å². The van der Waals surface area contributed by atoms with E-state index in [-0.39, 0.29) is 18.4 Å². The van der Waals surface area contributed by atoms with Crippen molar-refractivity contribution in [3.8, 4) is 0 Å². The molecule has 3 aromatic carbocycles. The van der Waals surface area contributed by atoms with Crippen molar-refractivity contribution in [3.63, 3.8) is 0 Å². The number of carbonyl (C=O) groups excluding carboxylic acids is 3. The number of hydrogen-bond acceptors (Lipinski definition) is 5. The van der Waals surface area contributed by atoms with Gasteiger partial charge >= 0.3 is 5.97 Å². The number of benzene rings is 3. The van der Waals surface area contributed by atoms with Gasteiger partial charge in [-0.3, -0.25) is 9.59 Å². The highest BCUT2D eigenvalue weighted by molar-refractivity contribution is 6.02. The Hall–Kier alpha value is -3.93. The molecular formula is C23H18N2O4. The van der Waals surface area contributed by atoms with Crippen molar-refractivity contribution < 1.29 is 19.2 Å². The first-order valence-electron chi connectivity index (χ1n) is 9.22. The highest BCUT2D eigenvalue weighted by Gasteiger charge is 2.33. The maximum Gasteiger partial charge on any atom is 0.363 e. The summed E-state index contributed by atoms with van der Waals surface area (Å²) in [6, 6.07) is 26.6.